The highest BCUT2D eigenvalue weighted by atomic mass is 16.5. The minimum absolute atomic E-state index is 0.0543. The fraction of sp³-hybridized carbons (Fsp3) is 0.238. The Balaban J connectivity index is 5.55. The predicted molar refractivity (Wildman–Crippen MR) is 88.4 cm³/mol. The maximum Gasteiger partial charge on any atom is 0.303 e. The van der Waals surface area contributed by atoms with Gasteiger partial charge in [-0.25, -0.2) is 0 Å². The van der Waals surface area contributed by atoms with Gasteiger partial charge in [0.15, 0.2) is 6.10 Å². The topological polar surface area (TPSA) is 53.9 Å². The lowest BCUT2D eigenvalue weighted by Gasteiger charge is -2.14. The summed E-state index contributed by atoms with van der Waals surface area (Å²) >= 11 is 0. The van der Waals surface area contributed by atoms with Crippen LogP contribution >= 0.6 is 0 Å². The van der Waals surface area contributed by atoms with E-state index < -0.39 is 6.10 Å². The van der Waals surface area contributed by atoms with E-state index in [2.05, 4.69) is 86.8 Å². The first-order valence-electron chi connectivity index (χ1n) is 6.98. The molecule has 0 saturated heterocycles. The number of ether oxygens (including phenoxy) is 1. The van der Waals surface area contributed by atoms with Crippen LogP contribution in [0.5, 0.6) is 0 Å². The lowest BCUT2D eigenvalue weighted by Crippen LogP contribution is -2.66. The minimum atomic E-state index is -0.445. The van der Waals surface area contributed by atoms with Gasteiger partial charge in [0.2, 0.25) is 0 Å². The average molecular weight is 314 g/mol. The summed E-state index contributed by atoms with van der Waals surface area (Å²) in [5.74, 6) is -0.368. The highest BCUT2D eigenvalue weighted by Crippen LogP contribution is 2.01. The lowest BCUT2D eigenvalue weighted by molar-refractivity contribution is -0.433. The molecule has 3 N–H and O–H groups in total. The van der Waals surface area contributed by atoms with Crippen LogP contribution < -0.4 is 5.73 Å². The summed E-state index contributed by atoms with van der Waals surface area (Å²) in [6, 6.07) is -0.0543. The van der Waals surface area contributed by atoms with Crippen LogP contribution in [-0.2, 0) is 9.53 Å². The number of carbonyl (C=O) groups excluding carboxylic acids is 1. The van der Waals surface area contributed by atoms with Gasteiger partial charge < -0.3 is 10.5 Å². The van der Waals surface area contributed by atoms with E-state index >= 15 is 0 Å². The molecule has 0 aromatic carbocycles. The first kappa shape index (κ1) is 20.3. The summed E-state index contributed by atoms with van der Waals surface area (Å²) in [4.78, 5) is 11.0. The van der Waals surface area contributed by atoms with Gasteiger partial charge >= 0.3 is 5.97 Å². The standard InChI is InChI=1S/C21H15NO2/c1-4-6-7-8-9-10-11-12-13-14-15-16-17-18-21(20(22)5-2)24-19(3)23/h18,20-21H,1,5,22H2,2-3H3/p+1/t20-,21-/m0/s1. The SMILES string of the molecule is C=C=C=C=C=C=C=C=C=C=C=C=C=C=C[C@H](OC(C)=O)[C@@H]([NH3+])CC. The zero-order valence-electron chi connectivity index (χ0n) is 13.7. The number of rotatable bonds is 4. The lowest BCUT2D eigenvalue weighted by atomic mass is 10.1. The number of esters is 1. The van der Waals surface area contributed by atoms with Crippen LogP contribution in [0.15, 0.2) is 87.2 Å². The molecular weight excluding hydrogens is 298 g/mol. The molecule has 0 heterocycles. The largest absolute Gasteiger partial charge is 0.451 e. The molecule has 0 fully saturated rings. The molecule has 0 aliphatic heterocycles. The van der Waals surface area contributed by atoms with Crippen molar-refractivity contribution < 1.29 is 15.3 Å². The minimum Gasteiger partial charge on any atom is -0.451 e. The van der Waals surface area contributed by atoms with Crippen molar-refractivity contribution >= 4 is 5.97 Å². The van der Waals surface area contributed by atoms with Crippen molar-refractivity contribution in [2.45, 2.75) is 32.4 Å². The normalized spacial score (nSPS) is 9.12. The van der Waals surface area contributed by atoms with Gasteiger partial charge in [0.05, 0.1) is 0 Å². The summed E-state index contributed by atoms with van der Waals surface area (Å²) in [6.07, 6.45) is 1.90. The fourth-order valence-corrected chi connectivity index (χ4v) is 1.18. The van der Waals surface area contributed by atoms with Gasteiger partial charge in [-0.3, -0.25) is 4.79 Å². The van der Waals surface area contributed by atoms with Crippen LogP contribution in [0, 0.1) is 0 Å². The summed E-state index contributed by atoms with van der Waals surface area (Å²) in [5, 5.41) is 0. The van der Waals surface area contributed by atoms with Gasteiger partial charge in [0.1, 0.15) is 6.04 Å². The summed E-state index contributed by atoms with van der Waals surface area (Å²) in [7, 11) is 0. The van der Waals surface area contributed by atoms with Crippen molar-refractivity contribution in [3.63, 3.8) is 0 Å². The Labute approximate surface area is 141 Å². The van der Waals surface area contributed by atoms with E-state index in [9.17, 15) is 4.79 Å². The Hall–Kier alpha value is -3.69. The second kappa shape index (κ2) is 14.3. The van der Waals surface area contributed by atoms with Crippen LogP contribution in [0.2, 0.25) is 0 Å². The molecule has 0 bridgehead atoms. The second-order valence-corrected chi connectivity index (χ2v) is 4.11. The van der Waals surface area contributed by atoms with Crippen molar-refractivity contribution in [3.8, 4) is 0 Å². The predicted octanol–water partition coefficient (Wildman–Crippen LogP) is 2.14. The Bertz CT molecular complexity index is 948. The summed E-state index contributed by atoms with van der Waals surface area (Å²) in [5.41, 5.74) is 36.6. The third-order valence-corrected chi connectivity index (χ3v) is 2.32. The van der Waals surface area contributed by atoms with Gasteiger partial charge in [-0.1, -0.05) is 18.4 Å². The van der Waals surface area contributed by atoms with E-state index in [4.69, 9.17) is 4.74 Å². The highest BCUT2D eigenvalue weighted by molar-refractivity contribution is 5.66. The Morgan fingerprint density at radius 2 is 1.46 bits per heavy atom. The molecule has 0 saturated carbocycles. The van der Waals surface area contributed by atoms with E-state index in [0.29, 0.717) is 0 Å². The number of carbonyl (C=O) groups is 1. The third kappa shape index (κ3) is 12.1. The Kier molecular flexibility index (Phi) is 12.1. The molecule has 0 unspecified atom stereocenters. The monoisotopic (exact) mass is 314 g/mol. The summed E-state index contributed by atoms with van der Waals surface area (Å²) in [6.45, 7) is 6.61. The molecular formula is C21H16NO2+. The van der Waals surface area contributed by atoms with Crippen molar-refractivity contribution in [2.24, 2.45) is 0 Å². The smallest absolute Gasteiger partial charge is 0.303 e. The zero-order chi connectivity index (χ0) is 18.0. The van der Waals surface area contributed by atoms with Gasteiger partial charge in [-0.15, -0.1) is 0 Å². The molecule has 0 aromatic rings. The first-order chi connectivity index (χ1) is 11.6. The van der Waals surface area contributed by atoms with E-state index in [1.54, 1.807) is 6.08 Å². The maximum atomic E-state index is 11.0. The molecule has 0 spiro atoms. The number of quaternary nitrogens is 1. The molecule has 0 aliphatic rings. The molecule has 0 aliphatic carbocycles. The fourth-order valence-electron chi connectivity index (χ4n) is 1.18. The van der Waals surface area contributed by atoms with E-state index in [1.807, 2.05) is 6.92 Å². The molecule has 0 amide bonds. The van der Waals surface area contributed by atoms with Gasteiger partial charge in [0, 0.05) is 19.4 Å². The van der Waals surface area contributed by atoms with Gasteiger partial charge in [-0.05, 0) is 69.6 Å². The van der Waals surface area contributed by atoms with Crippen LogP contribution in [0.1, 0.15) is 20.3 Å². The Morgan fingerprint density at radius 3 is 1.88 bits per heavy atom. The quantitative estimate of drug-likeness (QED) is 0.638. The molecule has 3 nitrogen and oxygen atoms in total. The average Bonchev–Trinajstić information content (AvgIpc) is 2.56. The van der Waals surface area contributed by atoms with Crippen molar-refractivity contribution in [2.75, 3.05) is 0 Å². The Morgan fingerprint density at radius 1 is 1.00 bits per heavy atom. The van der Waals surface area contributed by atoms with Crippen molar-refractivity contribution in [3.05, 3.63) is 87.2 Å². The second-order valence-electron chi connectivity index (χ2n) is 4.11. The van der Waals surface area contributed by atoms with Crippen LogP contribution in [0.25, 0.3) is 0 Å². The number of hydrogen-bond donors (Lipinski definition) is 1. The zero-order valence-corrected chi connectivity index (χ0v) is 13.7. The van der Waals surface area contributed by atoms with E-state index in [1.165, 1.54) is 6.92 Å². The molecule has 116 valence electrons. The van der Waals surface area contributed by atoms with Crippen LogP contribution in [0.3, 0.4) is 0 Å². The summed E-state index contributed by atoms with van der Waals surface area (Å²) < 4.78 is 5.13. The van der Waals surface area contributed by atoms with Crippen molar-refractivity contribution in [1.29, 1.82) is 0 Å². The maximum absolute atomic E-state index is 11.0. The molecule has 0 rings (SSSR count). The molecule has 3 heteroatoms. The van der Waals surface area contributed by atoms with Gasteiger partial charge in [-0.2, -0.15) is 0 Å². The highest BCUT2D eigenvalue weighted by Gasteiger charge is 2.19. The first-order valence-corrected chi connectivity index (χ1v) is 6.98. The van der Waals surface area contributed by atoms with Crippen LogP contribution in [0.4, 0.5) is 0 Å². The molecule has 0 aromatic heterocycles. The van der Waals surface area contributed by atoms with Gasteiger partial charge in [0.25, 0.3) is 0 Å². The number of hydrogen-bond acceptors (Lipinski definition) is 2. The third-order valence-electron chi connectivity index (χ3n) is 2.32. The van der Waals surface area contributed by atoms with Crippen molar-refractivity contribution in [1.82, 2.24) is 0 Å². The van der Waals surface area contributed by atoms with E-state index in [-0.39, 0.29) is 12.0 Å². The molecule has 24 heavy (non-hydrogen) atoms. The molecule has 0 radical (unpaired) electrons. The van der Waals surface area contributed by atoms with E-state index in [0.717, 1.165) is 6.42 Å². The molecule has 2 atom stereocenters. The van der Waals surface area contributed by atoms with Crippen LogP contribution in [-0.4, -0.2) is 18.1 Å².